The van der Waals surface area contributed by atoms with Gasteiger partial charge in [0.05, 0.1) is 13.0 Å². The van der Waals surface area contributed by atoms with Crippen LogP contribution in [0.15, 0.2) is 24.3 Å². The van der Waals surface area contributed by atoms with Gasteiger partial charge in [-0.15, -0.1) is 0 Å². The van der Waals surface area contributed by atoms with Crippen molar-refractivity contribution < 1.29 is 19.4 Å². The Kier molecular flexibility index (Phi) is 7.69. The van der Waals surface area contributed by atoms with Crippen LogP contribution in [-0.4, -0.2) is 55.9 Å². The maximum atomic E-state index is 10.6. The second-order valence-corrected chi connectivity index (χ2v) is 4.64. The minimum absolute atomic E-state index is 0.133. The Hall–Kier alpha value is -1.59. The van der Waals surface area contributed by atoms with E-state index in [1.54, 1.807) is 7.11 Å². The Morgan fingerprint density at radius 1 is 1.15 bits per heavy atom. The molecule has 0 aliphatic carbocycles. The molecule has 0 atom stereocenters. The molecule has 0 aliphatic heterocycles. The summed E-state index contributed by atoms with van der Waals surface area (Å²) in [7, 11) is 1.64. The number of rotatable bonds is 10. The lowest BCUT2D eigenvalue weighted by molar-refractivity contribution is -0.137. The molecule has 0 bridgehead atoms. The first-order valence-electron chi connectivity index (χ1n) is 6.74. The monoisotopic (exact) mass is 281 g/mol. The van der Waals surface area contributed by atoms with Crippen molar-refractivity contribution in [3.8, 4) is 5.75 Å². The Labute approximate surface area is 120 Å². The van der Waals surface area contributed by atoms with E-state index < -0.39 is 5.97 Å². The SMILES string of the molecule is COCCN(CCOc1ccc(C)cc1)CCC(=O)O. The predicted octanol–water partition coefficient (Wildman–Crippen LogP) is 1.80. The highest BCUT2D eigenvalue weighted by Gasteiger charge is 2.07. The lowest BCUT2D eigenvalue weighted by Crippen LogP contribution is -2.33. The number of hydrogen-bond donors (Lipinski definition) is 1. The Bertz CT molecular complexity index is 391. The third-order valence-corrected chi connectivity index (χ3v) is 2.95. The van der Waals surface area contributed by atoms with E-state index in [1.165, 1.54) is 5.56 Å². The number of nitrogens with zero attached hydrogens (tertiary/aromatic N) is 1. The highest BCUT2D eigenvalue weighted by Crippen LogP contribution is 2.11. The second-order valence-electron chi connectivity index (χ2n) is 4.64. The fourth-order valence-electron chi connectivity index (χ4n) is 1.74. The van der Waals surface area contributed by atoms with E-state index in [-0.39, 0.29) is 6.42 Å². The summed E-state index contributed by atoms with van der Waals surface area (Å²) in [6, 6.07) is 7.88. The van der Waals surface area contributed by atoms with Gasteiger partial charge in [0.2, 0.25) is 0 Å². The van der Waals surface area contributed by atoms with Crippen molar-refractivity contribution in [1.29, 1.82) is 0 Å². The van der Waals surface area contributed by atoms with Crippen molar-refractivity contribution in [2.75, 3.05) is 40.0 Å². The number of benzene rings is 1. The lowest BCUT2D eigenvalue weighted by Gasteiger charge is -2.21. The molecule has 0 spiro atoms. The van der Waals surface area contributed by atoms with Crippen molar-refractivity contribution in [1.82, 2.24) is 4.90 Å². The summed E-state index contributed by atoms with van der Waals surface area (Å²) in [5, 5.41) is 8.73. The van der Waals surface area contributed by atoms with E-state index in [0.29, 0.717) is 32.8 Å². The lowest BCUT2D eigenvalue weighted by atomic mass is 10.2. The standard InChI is InChI=1S/C15H23NO4/c1-13-3-5-14(6-4-13)20-12-10-16(9-11-19-2)8-7-15(17)18/h3-6H,7-12H2,1-2H3,(H,17,18). The van der Waals surface area contributed by atoms with Crippen LogP contribution in [0.4, 0.5) is 0 Å². The van der Waals surface area contributed by atoms with Crippen molar-refractivity contribution in [3.63, 3.8) is 0 Å². The molecule has 0 radical (unpaired) electrons. The summed E-state index contributed by atoms with van der Waals surface area (Å²) in [5.74, 6) is 0.0485. The van der Waals surface area contributed by atoms with Gasteiger partial charge in [0, 0.05) is 26.7 Å². The maximum absolute atomic E-state index is 10.6. The zero-order valence-corrected chi connectivity index (χ0v) is 12.2. The zero-order valence-electron chi connectivity index (χ0n) is 12.2. The molecule has 1 N–H and O–H groups in total. The molecule has 0 saturated heterocycles. The van der Waals surface area contributed by atoms with Crippen LogP contribution < -0.4 is 4.74 Å². The van der Waals surface area contributed by atoms with E-state index in [9.17, 15) is 4.79 Å². The number of carbonyl (C=O) groups is 1. The van der Waals surface area contributed by atoms with Crippen LogP contribution in [0.3, 0.4) is 0 Å². The number of aryl methyl sites for hydroxylation is 1. The van der Waals surface area contributed by atoms with Crippen molar-refractivity contribution in [3.05, 3.63) is 29.8 Å². The summed E-state index contributed by atoms with van der Waals surface area (Å²) >= 11 is 0. The topological polar surface area (TPSA) is 59.0 Å². The normalized spacial score (nSPS) is 10.8. The van der Waals surface area contributed by atoms with Crippen LogP contribution in [0, 0.1) is 6.92 Å². The third kappa shape index (κ3) is 7.11. The number of methoxy groups -OCH3 is 1. The average molecular weight is 281 g/mol. The zero-order chi connectivity index (χ0) is 14.8. The van der Waals surface area contributed by atoms with Crippen LogP contribution in [0.5, 0.6) is 5.75 Å². The van der Waals surface area contributed by atoms with E-state index in [2.05, 4.69) is 0 Å². The molecule has 1 aromatic rings. The van der Waals surface area contributed by atoms with E-state index >= 15 is 0 Å². The van der Waals surface area contributed by atoms with Crippen LogP contribution in [0.25, 0.3) is 0 Å². The number of ether oxygens (including phenoxy) is 2. The molecule has 0 saturated carbocycles. The van der Waals surface area contributed by atoms with Gasteiger partial charge in [0.1, 0.15) is 12.4 Å². The van der Waals surface area contributed by atoms with E-state index in [4.69, 9.17) is 14.6 Å². The Morgan fingerprint density at radius 2 is 1.80 bits per heavy atom. The first-order chi connectivity index (χ1) is 9.61. The Balaban J connectivity index is 2.32. The summed E-state index contributed by atoms with van der Waals surface area (Å²) in [6.45, 7) is 5.06. The van der Waals surface area contributed by atoms with E-state index in [0.717, 1.165) is 5.75 Å². The minimum Gasteiger partial charge on any atom is -0.492 e. The molecule has 20 heavy (non-hydrogen) atoms. The largest absolute Gasteiger partial charge is 0.492 e. The van der Waals surface area contributed by atoms with Gasteiger partial charge in [-0.2, -0.15) is 0 Å². The van der Waals surface area contributed by atoms with Gasteiger partial charge in [-0.3, -0.25) is 9.69 Å². The van der Waals surface area contributed by atoms with Crippen molar-refractivity contribution >= 4 is 5.97 Å². The molecule has 0 unspecified atom stereocenters. The number of carboxylic acid groups (broad SMARTS) is 1. The molecule has 5 heteroatoms. The molecule has 0 fully saturated rings. The fraction of sp³-hybridized carbons (Fsp3) is 0.533. The summed E-state index contributed by atoms with van der Waals surface area (Å²) in [6.07, 6.45) is 0.133. The molecule has 112 valence electrons. The number of aliphatic carboxylic acids is 1. The second kappa shape index (κ2) is 9.34. The number of hydrogen-bond acceptors (Lipinski definition) is 4. The van der Waals surface area contributed by atoms with Gasteiger partial charge in [-0.05, 0) is 19.1 Å². The molecular weight excluding hydrogens is 258 g/mol. The molecule has 0 aliphatic rings. The molecule has 5 nitrogen and oxygen atoms in total. The molecule has 0 heterocycles. The van der Waals surface area contributed by atoms with Gasteiger partial charge in [-0.1, -0.05) is 17.7 Å². The fourth-order valence-corrected chi connectivity index (χ4v) is 1.74. The molecule has 1 aromatic carbocycles. The third-order valence-electron chi connectivity index (χ3n) is 2.95. The first kappa shape index (κ1) is 16.5. The smallest absolute Gasteiger partial charge is 0.304 e. The molecule has 0 aromatic heterocycles. The predicted molar refractivity (Wildman–Crippen MR) is 77.2 cm³/mol. The van der Waals surface area contributed by atoms with Gasteiger partial charge < -0.3 is 14.6 Å². The van der Waals surface area contributed by atoms with Crippen LogP contribution in [-0.2, 0) is 9.53 Å². The van der Waals surface area contributed by atoms with Crippen molar-refractivity contribution in [2.45, 2.75) is 13.3 Å². The quantitative estimate of drug-likeness (QED) is 0.708. The van der Waals surface area contributed by atoms with Gasteiger partial charge in [0.15, 0.2) is 0 Å². The highest BCUT2D eigenvalue weighted by molar-refractivity contribution is 5.66. The molecule has 0 amide bonds. The van der Waals surface area contributed by atoms with Crippen molar-refractivity contribution in [2.24, 2.45) is 0 Å². The maximum Gasteiger partial charge on any atom is 0.304 e. The van der Waals surface area contributed by atoms with E-state index in [1.807, 2.05) is 36.1 Å². The van der Waals surface area contributed by atoms with Crippen LogP contribution in [0.1, 0.15) is 12.0 Å². The highest BCUT2D eigenvalue weighted by atomic mass is 16.5. The summed E-state index contributed by atoms with van der Waals surface area (Å²) < 4.78 is 10.7. The van der Waals surface area contributed by atoms with Crippen LogP contribution in [0.2, 0.25) is 0 Å². The summed E-state index contributed by atoms with van der Waals surface area (Å²) in [5.41, 5.74) is 1.19. The summed E-state index contributed by atoms with van der Waals surface area (Å²) in [4.78, 5) is 12.6. The van der Waals surface area contributed by atoms with Gasteiger partial charge in [0.25, 0.3) is 0 Å². The van der Waals surface area contributed by atoms with Crippen LogP contribution >= 0.6 is 0 Å². The molecule has 1 rings (SSSR count). The minimum atomic E-state index is -0.785. The molecular formula is C15H23NO4. The van der Waals surface area contributed by atoms with Gasteiger partial charge in [-0.25, -0.2) is 0 Å². The Morgan fingerprint density at radius 3 is 2.40 bits per heavy atom. The van der Waals surface area contributed by atoms with Gasteiger partial charge >= 0.3 is 5.97 Å². The number of carboxylic acids is 1. The average Bonchev–Trinajstić information content (AvgIpc) is 2.43. The first-order valence-corrected chi connectivity index (χ1v) is 6.74.